The third-order valence-electron chi connectivity index (χ3n) is 11.3. The Morgan fingerprint density at radius 3 is 2.73 bits per heavy atom. The van der Waals surface area contributed by atoms with Crippen molar-refractivity contribution >= 4 is 0 Å². The van der Waals surface area contributed by atoms with E-state index in [4.69, 9.17) is 4.74 Å². The first-order valence-electron chi connectivity index (χ1n) is 13.5. The van der Waals surface area contributed by atoms with E-state index >= 15 is 0 Å². The number of piperidine rings is 1. The lowest BCUT2D eigenvalue weighted by atomic mass is 9.51. The van der Waals surface area contributed by atoms with Gasteiger partial charge in [0.1, 0.15) is 0 Å². The van der Waals surface area contributed by atoms with Crippen molar-refractivity contribution in [2.45, 2.75) is 116 Å². The van der Waals surface area contributed by atoms with Crippen molar-refractivity contribution in [3.63, 3.8) is 0 Å². The normalized spacial score (nSPS) is 55.6. The summed E-state index contributed by atoms with van der Waals surface area (Å²) in [4.78, 5) is 0. The van der Waals surface area contributed by atoms with Gasteiger partial charge in [0.2, 0.25) is 0 Å². The zero-order valence-electron chi connectivity index (χ0n) is 20.0. The van der Waals surface area contributed by atoms with Crippen LogP contribution in [0.4, 0.5) is 0 Å². The molecule has 10 atom stereocenters. The minimum absolute atomic E-state index is 0.144. The van der Waals surface area contributed by atoms with Crippen molar-refractivity contribution in [1.29, 1.82) is 0 Å². The van der Waals surface area contributed by atoms with Crippen LogP contribution in [0, 0.1) is 40.9 Å². The van der Waals surface area contributed by atoms with Gasteiger partial charge in [0.15, 0.2) is 0 Å². The van der Waals surface area contributed by atoms with Gasteiger partial charge >= 0.3 is 0 Å². The van der Waals surface area contributed by atoms with Gasteiger partial charge < -0.3 is 10.1 Å². The van der Waals surface area contributed by atoms with Gasteiger partial charge in [-0.25, -0.2) is 0 Å². The molecule has 3 saturated carbocycles. The van der Waals surface area contributed by atoms with Crippen LogP contribution in [0.15, 0.2) is 11.1 Å². The standard InChI is InChI=1S/C28H45NO/c1-17-7-9-27(4)20(11-17)5-6-22-21-8-10-28(14-19(3)23(21)13-24(22)27)15-25-26(30-28)12-18(2)16-29-25/h17-18,20-22,24-26,29H,5-16H2,1-4H3/t17-,18-,20+,21-,22-,24-,25-,26+,27-,28?/m0/s1. The van der Waals surface area contributed by atoms with Crippen molar-refractivity contribution in [2.75, 3.05) is 6.54 Å². The van der Waals surface area contributed by atoms with Crippen LogP contribution < -0.4 is 5.32 Å². The molecule has 1 spiro atoms. The van der Waals surface area contributed by atoms with E-state index in [9.17, 15) is 0 Å². The SMILES string of the molecule is CC1=C2C[C@H]3[C@@H](CC[C@@H]4C[C@@H](C)CC[C@@]43C)[C@@H]2CCC2(C1)C[C@@H]1NC[C@@H](C)C[C@H]1O2. The van der Waals surface area contributed by atoms with Crippen molar-refractivity contribution in [1.82, 2.24) is 5.32 Å². The zero-order valence-corrected chi connectivity index (χ0v) is 20.0. The van der Waals surface area contributed by atoms with Crippen LogP contribution in [0.2, 0.25) is 0 Å². The van der Waals surface area contributed by atoms with Crippen LogP contribution in [0.1, 0.15) is 98.3 Å². The molecule has 0 bridgehead atoms. The Bertz CT molecular complexity index is 728. The minimum atomic E-state index is 0.144. The fourth-order valence-electron chi connectivity index (χ4n) is 9.66. The van der Waals surface area contributed by atoms with Gasteiger partial charge in [-0.05, 0) is 119 Å². The summed E-state index contributed by atoms with van der Waals surface area (Å²) in [6.07, 6.45) is 15.9. The molecule has 1 unspecified atom stereocenters. The number of ether oxygens (including phenoxy) is 1. The van der Waals surface area contributed by atoms with E-state index in [0.29, 0.717) is 17.6 Å². The second-order valence-electron chi connectivity index (χ2n) is 13.2. The van der Waals surface area contributed by atoms with E-state index in [-0.39, 0.29) is 5.60 Å². The van der Waals surface area contributed by atoms with Crippen LogP contribution in [0.3, 0.4) is 0 Å². The first-order valence-corrected chi connectivity index (χ1v) is 13.5. The van der Waals surface area contributed by atoms with Crippen molar-refractivity contribution in [2.24, 2.45) is 40.9 Å². The van der Waals surface area contributed by atoms with E-state index in [1.165, 1.54) is 77.2 Å². The zero-order chi connectivity index (χ0) is 20.7. The number of rotatable bonds is 0. The number of hydrogen-bond acceptors (Lipinski definition) is 2. The van der Waals surface area contributed by atoms with Crippen LogP contribution in [0.5, 0.6) is 0 Å². The minimum Gasteiger partial charge on any atom is -0.370 e. The third-order valence-corrected chi connectivity index (χ3v) is 11.3. The van der Waals surface area contributed by atoms with Gasteiger partial charge in [-0.1, -0.05) is 38.3 Å². The molecule has 0 aromatic carbocycles. The van der Waals surface area contributed by atoms with Crippen molar-refractivity contribution in [3.05, 3.63) is 11.1 Å². The Hall–Kier alpha value is -0.340. The Balaban J connectivity index is 1.25. The fraction of sp³-hybridized carbons (Fsp3) is 0.929. The molecule has 0 radical (unpaired) electrons. The van der Waals surface area contributed by atoms with Gasteiger partial charge in [0.05, 0.1) is 11.7 Å². The molecular weight excluding hydrogens is 366 g/mol. The molecule has 5 fully saturated rings. The molecule has 2 aliphatic heterocycles. The summed E-state index contributed by atoms with van der Waals surface area (Å²) in [7, 11) is 0. The number of fused-ring (bicyclic) bond motifs is 6. The Morgan fingerprint density at radius 2 is 1.87 bits per heavy atom. The first-order chi connectivity index (χ1) is 14.4. The molecule has 6 aliphatic rings. The molecule has 2 heteroatoms. The molecule has 2 heterocycles. The molecule has 6 rings (SSSR count). The van der Waals surface area contributed by atoms with E-state index in [1.54, 1.807) is 5.57 Å². The number of hydrogen-bond donors (Lipinski definition) is 1. The fourth-order valence-corrected chi connectivity index (χ4v) is 9.66. The summed E-state index contributed by atoms with van der Waals surface area (Å²) >= 11 is 0. The molecule has 2 saturated heterocycles. The topological polar surface area (TPSA) is 21.3 Å². The Labute approximate surface area is 185 Å². The smallest absolute Gasteiger partial charge is 0.0740 e. The summed E-state index contributed by atoms with van der Waals surface area (Å²) < 4.78 is 6.94. The summed E-state index contributed by atoms with van der Waals surface area (Å²) in [6, 6.07) is 0.614. The van der Waals surface area contributed by atoms with Crippen LogP contribution >= 0.6 is 0 Å². The average Bonchev–Trinajstić information content (AvgIpc) is 3.22. The maximum Gasteiger partial charge on any atom is 0.0740 e. The molecule has 0 aromatic rings. The van der Waals surface area contributed by atoms with Crippen LogP contribution in [-0.4, -0.2) is 24.3 Å². The van der Waals surface area contributed by atoms with Gasteiger partial charge in [-0.3, -0.25) is 0 Å². The molecule has 30 heavy (non-hydrogen) atoms. The molecule has 0 amide bonds. The lowest BCUT2D eigenvalue weighted by molar-refractivity contribution is -0.0657. The van der Waals surface area contributed by atoms with Gasteiger partial charge in [0, 0.05) is 6.04 Å². The van der Waals surface area contributed by atoms with Crippen LogP contribution in [-0.2, 0) is 4.74 Å². The lowest BCUT2D eigenvalue weighted by Gasteiger charge is -2.54. The predicted molar refractivity (Wildman–Crippen MR) is 123 cm³/mol. The Morgan fingerprint density at radius 1 is 1.00 bits per heavy atom. The molecule has 1 N–H and O–H groups in total. The molecule has 4 aliphatic carbocycles. The Kier molecular flexibility index (Phi) is 4.78. The average molecular weight is 412 g/mol. The van der Waals surface area contributed by atoms with Crippen molar-refractivity contribution < 1.29 is 4.74 Å². The van der Waals surface area contributed by atoms with E-state index in [2.05, 4.69) is 33.0 Å². The highest BCUT2D eigenvalue weighted by atomic mass is 16.5. The summed E-state index contributed by atoms with van der Waals surface area (Å²) in [5, 5.41) is 3.83. The maximum absolute atomic E-state index is 6.94. The summed E-state index contributed by atoms with van der Waals surface area (Å²) in [6.45, 7) is 11.3. The predicted octanol–water partition coefficient (Wildman–Crippen LogP) is 6.50. The van der Waals surface area contributed by atoms with E-state index in [1.807, 2.05) is 5.57 Å². The lowest BCUT2D eigenvalue weighted by Crippen LogP contribution is -2.45. The van der Waals surface area contributed by atoms with Crippen LogP contribution in [0.25, 0.3) is 0 Å². The number of nitrogens with one attached hydrogen (secondary N) is 1. The summed E-state index contributed by atoms with van der Waals surface area (Å²) in [5.74, 6) is 5.56. The largest absolute Gasteiger partial charge is 0.370 e. The quantitative estimate of drug-likeness (QED) is 0.459. The third kappa shape index (κ3) is 3.02. The molecule has 0 aromatic heterocycles. The van der Waals surface area contributed by atoms with Gasteiger partial charge in [-0.15, -0.1) is 0 Å². The van der Waals surface area contributed by atoms with Crippen molar-refractivity contribution in [3.8, 4) is 0 Å². The highest BCUT2D eigenvalue weighted by molar-refractivity contribution is 5.28. The number of allylic oxidation sites excluding steroid dienone is 1. The van der Waals surface area contributed by atoms with Gasteiger partial charge in [-0.2, -0.15) is 0 Å². The van der Waals surface area contributed by atoms with E-state index < -0.39 is 0 Å². The monoisotopic (exact) mass is 411 g/mol. The van der Waals surface area contributed by atoms with E-state index in [0.717, 1.165) is 35.5 Å². The highest BCUT2D eigenvalue weighted by Gasteiger charge is 2.57. The van der Waals surface area contributed by atoms with Gasteiger partial charge in [0.25, 0.3) is 0 Å². The molecule has 2 nitrogen and oxygen atoms in total. The molecule has 168 valence electrons. The highest BCUT2D eigenvalue weighted by Crippen LogP contribution is 2.65. The summed E-state index contributed by atoms with van der Waals surface area (Å²) in [5.41, 5.74) is 4.42. The molecular formula is C28H45NO. The second-order valence-corrected chi connectivity index (χ2v) is 13.2. The second kappa shape index (κ2) is 7.08. The first kappa shape index (κ1) is 20.3. The maximum atomic E-state index is 6.94.